The van der Waals surface area contributed by atoms with Crippen molar-refractivity contribution in [3.63, 3.8) is 0 Å². The van der Waals surface area contributed by atoms with Crippen LogP contribution in [0.1, 0.15) is 10.4 Å². The zero-order chi connectivity index (χ0) is 13.1. The Bertz CT molecular complexity index is 562. The van der Waals surface area contributed by atoms with Gasteiger partial charge in [0.1, 0.15) is 0 Å². The van der Waals surface area contributed by atoms with E-state index in [0.29, 0.717) is 27.0 Å². The number of hydrogen-bond donors (Lipinski definition) is 2. The summed E-state index contributed by atoms with van der Waals surface area (Å²) in [7, 11) is 0. The first-order valence-corrected chi connectivity index (χ1v) is 5.94. The molecule has 0 aromatic heterocycles. The second kappa shape index (κ2) is 5.29. The molecule has 2 aromatic rings. The standard InChI is InChI=1S/C13H10Cl2N2O/c14-10-6-9(16)7-11(15)12(10)17-13(18)8-4-2-1-3-5-8/h1-7H,16H2,(H,17,18). The summed E-state index contributed by atoms with van der Waals surface area (Å²) in [5, 5.41) is 3.28. The fourth-order valence-corrected chi connectivity index (χ4v) is 2.09. The highest BCUT2D eigenvalue weighted by Gasteiger charge is 2.12. The molecule has 0 unspecified atom stereocenters. The van der Waals surface area contributed by atoms with E-state index in [4.69, 9.17) is 28.9 Å². The maximum Gasteiger partial charge on any atom is 0.255 e. The van der Waals surface area contributed by atoms with Crippen molar-refractivity contribution in [1.82, 2.24) is 0 Å². The molecule has 0 aliphatic heterocycles. The highest BCUT2D eigenvalue weighted by molar-refractivity contribution is 6.40. The maximum atomic E-state index is 11.9. The number of rotatable bonds is 2. The summed E-state index contributed by atoms with van der Waals surface area (Å²) in [6.07, 6.45) is 0. The zero-order valence-corrected chi connectivity index (χ0v) is 10.8. The lowest BCUT2D eigenvalue weighted by Gasteiger charge is -2.10. The van der Waals surface area contributed by atoms with Gasteiger partial charge in [0.2, 0.25) is 0 Å². The number of amides is 1. The van der Waals surface area contributed by atoms with Crippen LogP contribution in [0, 0.1) is 0 Å². The molecule has 0 aliphatic rings. The fourth-order valence-electron chi connectivity index (χ4n) is 1.49. The van der Waals surface area contributed by atoms with Gasteiger partial charge in [0.15, 0.2) is 0 Å². The van der Waals surface area contributed by atoms with Gasteiger partial charge in [-0.2, -0.15) is 0 Å². The molecule has 0 bridgehead atoms. The van der Waals surface area contributed by atoms with Crippen molar-refractivity contribution in [2.75, 3.05) is 11.1 Å². The van der Waals surface area contributed by atoms with Crippen LogP contribution in [0.3, 0.4) is 0 Å². The molecular formula is C13H10Cl2N2O. The smallest absolute Gasteiger partial charge is 0.255 e. The van der Waals surface area contributed by atoms with Gasteiger partial charge in [-0.3, -0.25) is 4.79 Å². The maximum absolute atomic E-state index is 11.9. The van der Waals surface area contributed by atoms with Gasteiger partial charge in [-0.1, -0.05) is 41.4 Å². The van der Waals surface area contributed by atoms with Crippen LogP contribution in [0.25, 0.3) is 0 Å². The van der Waals surface area contributed by atoms with Crippen LogP contribution >= 0.6 is 23.2 Å². The Hall–Kier alpha value is -1.71. The highest BCUT2D eigenvalue weighted by Crippen LogP contribution is 2.33. The molecule has 0 aliphatic carbocycles. The number of carbonyl (C=O) groups excluding carboxylic acids is 1. The van der Waals surface area contributed by atoms with E-state index in [1.807, 2.05) is 6.07 Å². The average Bonchev–Trinajstić information content (AvgIpc) is 2.34. The van der Waals surface area contributed by atoms with Gasteiger partial charge in [0.25, 0.3) is 5.91 Å². The molecule has 0 saturated carbocycles. The average molecular weight is 281 g/mol. The molecule has 0 fully saturated rings. The number of nitrogen functional groups attached to an aromatic ring is 1. The molecular weight excluding hydrogens is 271 g/mol. The van der Waals surface area contributed by atoms with Gasteiger partial charge < -0.3 is 11.1 Å². The third kappa shape index (κ3) is 2.75. The van der Waals surface area contributed by atoms with Crippen molar-refractivity contribution in [2.24, 2.45) is 0 Å². The van der Waals surface area contributed by atoms with Crippen molar-refractivity contribution in [2.45, 2.75) is 0 Å². The first-order chi connectivity index (χ1) is 8.58. The van der Waals surface area contributed by atoms with E-state index in [1.165, 1.54) is 12.1 Å². The van der Waals surface area contributed by atoms with Crippen molar-refractivity contribution < 1.29 is 4.79 Å². The number of halogens is 2. The summed E-state index contributed by atoms with van der Waals surface area (Å²) in [6, 6.07) is 11.9. The third-order valence-electron chi connectivity index (χ3n) is 2.34. The van der Waals surface area contributed by atoms with E-state index in [1.54, 1.807) is 24.3 Å². The Balaban J connectivity index is 2.28. The van der Waals surface area contributed by atoms with Crippen LogP contribution < -0.4 is 11.1 Å². The van der Waals surface area contributed by atoms with Crippen molar-refractivity contribution in [1.29, 1.82) is 0 Å². The first kappa shape index (κ1) is 12.7. The quantitative estimate of drug-likeness (QED) is 0.822. The molecule has 3 nitrogen and oxygen atoms in total. The van der Waals surface area contributed by atoms with Gasteiger partial charge in [0, 0.05) is 11.3 Å². The topological polar surface area (TPSA) is 55.1 Å². The normalized spacial score (nSPS) is 10.1. The summed E-state index contributed by atoms with van der Waals surface area (Å²) in [4.78, 5) is 11.9. The number of nitrogens with one attached hydrogen (secondary N) is 1. The zero-order valence-electron chi connectivity index (χ0n) is 9.28. The molecule has 0 spiro atoms. The van der Waals surface area contributed by atoms with E-state index >= 15 is 0 Å². The monoisotopic (exact) mass is 280 g/mol. The lowest BCUT2D eigenvalue weighted by Crippen LogP contribution is -2.12. The molecule has 1 amide bonds. The second-order valence-electron chi connectivity index (χ2n) is 3.68. The molecule has 5 heteroatoms. The minimum Gasteiger partial charge on any atom is -0.399 e. The third-order valence-corrected chi connectivity index (χ3v) is 2.94. The van der Waals surface area contributed by atoms with Crippen molar-refractivity contribution >= 4 is 40.5 Å². The summed E-state index contributed by atoms with van der Waals surface area (Å²) in [6.45, 7) is 0. The van der Waals surface area contributed by atoms with E-state index in [0.717, 1.165) is 0 Å². The molecule has 3 N–H and O–H groups in total. The largest absolute Gasteiger partial charge is 0.399 e. The molecule has 2 aromatic carbocycles. The molecule has 92 valence electrons. The SMILES string of the molecule is Nc1cc(Cl)c(NC(=O)c2ccccc2)c(Cl)c1. The molecule has 2 rings (SSSR count). The van der Waals surface area contributed by atoms with Crippen LogP contribution in [0.4, 0.5) is 11.4 Å². The minimum absolute atomic E-state index is 0.274. The lowest BCUT2D eigenvalue weighted by atomic mass is 10.2. The summed E-state index contributed by atoms with van der Waals surface area (Å²) < 4.78 is 0. The van der Waals surface area contributed by atoms with Gasteiger partial charge in [0.05, 0.1) is 15.7 Å². The number of nitrogens with two attached hydrogens (primary N) is 1. The van der Waals surface area contributed by atoms with Gasteiger partial charge >= 0.3 is 0 Å². The summed E-state index contributed by atoms with van der Waals surface area (Å²) in [5.41, 5.74) is 6.93. The predicted octanol–water partition coefficient (Wildman–Crippen LogP) is 3.83. The molecule has 0 heterocycles. The highest BCUT2D eigenvalue weighted by atomic mass is 35.5. The van der Waals surface area contributed by atoms with Crippen LogP contribution in [-0.2, 0) is 0 Å². The van der Waals surface area contributed by atoms with Crippen molar-refractivity contribution in [3.8, 4) is 0 Å². The number of carbonyl (C=O) groups is 1. The molecule has 0 saturated heterocycles. The Labute approximate surface area is 115 Å². The second-order valence-corrected chi connectivity index (χ2v) is 4.49. The lowest BCUT2D eigenvalue weighted by molar-refractivity contribution is 0.102. The first-order valence-electron chi connectivity index (χ1n) is 5.19. The summed E-state index contributed by atoms with van der Waals surface area (Å²) >= 11 is 12.0. The number of benzene rings is 2. The van der Waals surface area contributed by atoms with Crippen LogP contribution in [0.15, 0.2) is 42.5 Å². The van der Waals surface area contributed by atoms with E-state index in [2.05, 4.69) is 5.32 Å². The van der Waals surface area contributed by atoms with Gasteiger partial charge in [-0.25, -0.2) is 0 Å². The predicted molar refractivity (Wildman–Crippen MR) is 75.3 cm³/mol. The number of hydrogen-bond acceptors (Lipinski definition) is 2. The van der Waals surface area contributed by atoms with Crippen LogP contribution in [0.5, 0.6) is 0 Å². The summed E-state index contributed by atoms with van der Waals surface area (Å²) in [5.74, 6) is -0.274. The Morgan fingerprint density at radius 1 is 1.06 bits per heavy atom. The van der Waals surface area contributed by atoms with Gasteiger partial charge in [-0.15, -0.1) is 0 Å². The molecule has 0 atom stereocenters. The molecule has 18 heavy (non-hydrogen) atoms. The van der Waals surface area contributed by atoms with E-state index < -0.39 is 0 Å². The van der Waals surface area contributed by atoms with Gasteiger partial charge in [-0.05, 0) is 24.3 Å². The Morgan fingerprint density at radius 2 is 1.61 bits per heavy atom. The number of anilines is 2. The molecule has 0 radical (unpaired) electrons. The fraction of sp³-hybridized carbons (Fsp3) is 0. The van der Waals surface area contributed by atoms with E-state index in [-0.39, 0.29) is 5.91 Å². The van der Waals surface area contributed by atoms with Crippen molar-refractivity contribution in [3.05, 3.63) is 58.1 Å². The van der Waals surface area contributed by atoms with E-state index in [9.17, 15) is 4.79 Å². The Kier molecular flexibility index (Phi) is 3.75. The Morgan fingerprint density at radius 3 is 2.17 bits per heavy atom. The van der Waals surface area contributed by atoms with Crippen LogP contribution in [0.2, 0.25) is 10.0 Å². The minimum atomic E-state index is -0.274. The van der Waals surface area contributed by atoms with Crippen LogP contribution in [-0.4, -0.2) is 5.91 Å².